The van der Waals surface area contributed by atoms with E-state index in [0.717, 1.165) is 23.1 Å². The first-order chi connectivity index (χ1) is 7.25. The number of hydrogen-bond acceptors (Lipinski definition) is 2. The van der Waals surface area contributed by atoms with Crippen LogP contribution in [0.2, 0.25) is 0 Å². The molecule has 2 aromatic rings. The molecule has 0 amide bonds. The summed E-state index contributed by atoms with van der Waals surface area (Å²) in [6, 6.07) is 6.70. The second-order valence-electron chi connectivity index (χ2n) is 4.03. The van der Waals surface area contributed by atoms with Crippen LogP contribution in [0.3, 0.4) is 0 Å². The molecule has 0 saturated heterocycles. The summed E-state index contributed by atoms with van der Waals surface area (Å²) in [5.74, 6) is 0. The second kappa shape index (κ2) is 3.32. The highest BCUT2D eigenvalue weighted by molar-refractivity contribution is 9.10. The molecule has 1 aromatic heterocycles. The Kier molecular flexibility index (Phi) is 2.07. The third-order valence-electron chi connectivity index (χ3n) is 2.91. The molecule has 1 N–H and O–H groups in total. The van der Waals surface area contributed by atoms with Crippen molar-refractivity contribution in [2.24, 2.45) is 0 Å². The number of hydrogen-bond donors (Lipinski definition) is 1. The van der Waals surface area contributed by atoms with E-state index in [1.165, 1.54) is 11.1 Å². The maximum absolute atomic E-state index is 4.63. The summed E-state index contributed by atoms with van der Waals surface area (Å²) in [6.45, 7) is 4.11. The van der Waals surface area contributed by atoms with Crippen LogP contribution in [0.25, 0.3) is 10.9 Å². The molecule has 4 heteroatoms. The molecule has 0 saturated carbocycles. The first kappa shape index (κ1) is 9.36. The highest BCUT2D eigenvalue weighted by Crippen LogP contribution is 2.26. The maximum Gasteiger partial charge on any atom is 0.0927 e. The van der Waals surface area contributed by atoms with Crippen molar-refractivity contribution < 1.29 is 0 Å². The molecule has 0 aliphatic carbocycles. The fourth-order valence-electron chi connectivity index (χ4n) is 2.15. The van der Waals surface area contributed by atoms with Crippen LogP contribution in [0.1, 0.15) is 18.7 Å². The van der Waals surface area contributed by atoms with Crippen molar-refractivity contribution in [3.8, 4) is 0 Å². The molecule has 3 nitrogen and oxygen atoms in total. The van der Waals surface area contributed by atoms with Crippen molar-refractivity contribution >= 4 is 26.8 Å². The number of halogens is 1. The van der Waals surface area contributed by atoms with Crippen LogP contribution in [0, 0.1) is 0 Å². The molecule has 15 heavy (non-hydrogen) atoms. The smallest absolute Gasteiger partial charge is 0.0927 e. The molecule has 2 heterocycles. The van der Waals surface area contributed by atoms with E-state index in [4.69, 9.17) is 0 Å². The van der Waals surface area contributed by atoms with Crippen molar-refractivity contribution in [1.82, 2.24) is 15.1 Å². The Hall–Kier alpha value is -0.870. The Labute approximate surface area is 96.6 Å². The first-order valence-electron chi connectivity index (χ1n) is 5.13. The molecule has 0 radical (unpaired) electrons. The molecule has 1 aliphatic rings. The van der Waals surface area contributed by atoms with Crippen LogP contribution >= 0.6 is 15.9 Å². The van der Waals surface area contributed by atoms with Crippen LogP contribution in [0.4, 0.5) is 0 Å². The fraction of sp³-hybridized carbons (Fsp3) is 0.364. The molecule has 0 spiro atoms. The summed E-state index contributed by atoms with van der Waals surface area (Å²) < 4.78 is 3.26. The summed E-state index contributed by atoms with van der Waals surface area (Å²) in [5, 5.41) is 9.30. The van der Waals surface area contributed by atoms with E-state index in [-0.39, 0.29) is 0 Å². The van der Waals surface area contributed by atoms with Crippen molar-refractivity contribution in [2.75, 3.05) is 6.54 Å². The largest absolute Gasteiger partial charge is 0.309 e. The average Bonchev–Trinajstić information content (AvgIpc) is 2.58. The Morgan fingerprint density at radius 2 is 2.40 bits per heavy atom. The number of aromatic nitrogens is 2. The van der Waals surface area contributed by atoms with Gasteiger partial charge in [-0.15, -0.1) is 0 Å². The van der Waals surface area contributed by atoms with Gasteiger partial charge in [-0.05, 0) is 25.1 Å². The van der Waals surface area contributed by atoms with Gasteiger partial charge in [0.2, 0.25) is 0 Å². The molecule has 3 rings (SSSR count). The van der Waals surface area contributed by atoms with Gasteiger partial charge in [-0.25, -0.2) is 0 Å². The second-order valence-corrected chi connectivity index (χ2v) is 4.95. The SMILES string of the molecule is C[C@@H]1CNCc2c3cc(Br)ccc3nn21. The summed E-state index contributed by atoms with van der Waals surface area (Å²) in [7, 11) is 0. The number of fused-ring (bicyclic) bond motifs is 3. The van der Waals surface area contributed by atoms with Gasteiger partial charge < -0.3 is 5.32 Å². The summed E-state index contributed by atoms with van der Waals surface area (Å²) >= 11 is 3.50. The fourth-order valence-corrected chi connectivity index (χ4v) is 2.51. The summed E-state index contributed by atoms with van der Waals surface area (Å²) in [5.41, 5.74) is 2.38. The molecule has 1 aliphatic heterocycles. The van der Waals surface area contributed by atoms with Gasteiger partial charge in [0.25, 0.3) is 0 Å². The van der Waals surface area contributed by atoms with Crippen molar-refractivity contribution in [1.29, 1.82) is 0 Å². The average molecular weight is 266 g/mol. The lowest BCUT2D eigenvalue weighted by Gasteiger charge is -2.22. The van der Waals surface area contributed by atoms with Crippen LogP contribution in [0.15, 0.2) is 22.7 Å². The third-order valence-corrected chi connectivity index (χ3v) is 3.40. The normalized spacial score (nSPS) is 20.5. The van der Waals surface area contributed by atoms with Gasteiger partial charge in [-0.1, -0.05) is 15.9 Å². The lowest BCUT2D eigenvalue weighted by Crippen LogP contribution is -2.31. The molecule has 1 aromatic carbocycles. The molecule has 0 fully saturated rings. The topological polar surface area (TPSA) is 29.9 Å². The Morgan fingerprint density at radius 3 is 3.27 bits per heavy atom. The van der Waals surface area contributed by atoms with Crippen LogP contribution in [-0.2, 0) is 6.54 Å². The minimum Gasteiger partial charge on any atom is -0.309 e. The molecular formula is C11H12BrN3. The zero-order valence-electron chi connectivity index (χ0n) is 8.50. The molecule has 0 bridgehead atoms. The highest BCUT2D eigenvalue weighted by atomic mass is 79.9. The van der Waals surface area contributed by atoms with Crippen molar-refractivity contribution in [2.45, 2.75) is 19.5 Å². The first-order valence-corrected chi connectivity index (χ1v) is 5.92. The van der Waals surface area contributed by atoms with Crippen LogP contribution in [-0.4, -0.2) is 16.3 Å². The lowest BCUT2D eigenvalue weighted by molar-refractivity contribution is 0.395. The molecular weight excluding hydrogens is 254 g/mol. The zero-order chi connectivity index (χ0) is 10.4. The monoisotopic (exact) mass is 265 g/mol. The van der Waals surface area contributed by atoms with Crippen molar-refractivity contribution in [3.63, 3.8) is 0 Å². The molecule has 0 unspecified atom stereocenters. The van der Waals surface area contributed by atoms with E-state index in [2.05, 4.69) is 50.1 Å². The van der Waals surface area contributed by atoms with E-state index in [9.17, 15) is 0 Å². The zero-order valence-corrected chi connectivity index (χ0v) is 10.1. The number of benzene rings is 1. The number of nitrogens with zero attached hydrogens (tertiary/aromatic N) is 2. The number of nitrogens with one attached hydrogen (secondary N) is 1. The van der Waals surface area contributed by atoms with Gasteiger partial charge in [0, 0.05) is 22.9 Å². The van der Waals surface area contributed by atoms with Gasteiger partial charge in [-0.3, -0.25) is 4.68 Å². The predicted octanol–water partition coefficient (Wildman–Crippen LogP) is 2.46. The quantitative estimate of drug-likeness (QED) is 0.793. The van der Waals surface area contributed by atoms with Gasteiger partial charge in [0.1, 0.15) is 0 Å². The molecule has 1 atom stereocenters. The van der Waals surface area contributed by atoms with E-state index in [1.54, 1.807) is 0 Å². The van der Waals surface area contributed by atoms with E-state index < -0.39 is 0 Å². The Bertz CT molecular complexity index is 518. The number of rotatable bonds is 0. The minimum atomic E-state index is 0.444. The summed E-state index contributed by atoms with van der Waals surface area (Å²) in [6.07, 6.45) is 0. The van der Waals surface area contributed by atoms with E-state index in [0.29, 0.717) is 6.04 Å². The van der Waals surface area contributed by atoms with Crippen LogP contribution < -0.4 is 5.32 Å². The van der Waals surface area contributed by atoms with Gasteiger partial charge >= 0.3 is 0 Å². The lowest BCUT2D eigenvalue weighted by atomic mass is 10.1. The van der Waals surface area contributed by atoms with Crippen molar-refractivity contribution in [3.05, 3.63) is 28.4 Å². The van der Waals surface area contributed by atoms with Crippen LogP contribution in [0.5, 0.6) is 0 Å². The summed E-state index contributed by atoms with van der Waals surface area (Å²) in [4.78, 5) is 0. The Morgan fingerprint density at radius 1 is 1.53 bits per heavy atom. The third kappa shape index (κ3) is 1.40. The van der Waals surface area contributed by atoms with Gasteiger partial charge in [0.15, 0.2) is 0 Å². The molecule has 78 valence electrons. The van der Waals surface area contributed by atoms with E-state index in [1.807, 2.05) is 6.07 Å². The Balaban J connectivity index is 2.31. The maximum atomic E-state index is 4.63. The minimum absolute atomic E-state index is 0.444. The van der Waals surface area contributed by atoms with Gasteiger partial charge in [-0.2, -0.15) is 5.10 Å². The predicted molar refractivity (Wildman–Crippen MR) is 63.9 cm³/mol. The van der Waals surface area contributed by atoms with Gasteiger partial charge in [0.05, 0.1) is 17.3 Å². The highest BCUT2D eigenvalue weighted by Gasteiger charge is 2.19. The standard InChI is InChI=1S/C11H12BrN3/c1-7-5-13-6-11-9-4-8(12)2-3-10(9)14-15(7)11/h2-4,7,13H,5-6H2,1H3/t7-/m1/s1. The van der Waals surface area contributed by atoms with E-state index >= 15 is 0 Å².